The van der Waals surface area contributed by atoms with Gasteiger partial charge in [-0.25, -0.2) is 4.98 Å². The van der Waals surface area contributed by atoms with E-state index in [9.17, 15) is 4.79 Å². The molecule has 1 aromatic heterocycles. The van der Waals surface area contributed by atoms with Crippen molar-refractivity contribution in [2.75, 3.05) is 6.54 Å². The van der Waals surface area contributed by atoms with Crippen molar-refractivity contribution in [2.45, 2.75) is 25.3 Å². The Balaban J connectivity index is 1.57. The largest absolute Gasteiger partial charge is 0.354 e. The molecule has 0 saturated carbocycles. The Kier molecular flexibility index (Phi) is 3.27. The van der Waals surface area contributed by atoms with E-state index in [1.165, 1.54) is 17.5 Å². The van der Waals surface area contributed by atoms with Crippen LogP contribution in [0, 0.1) is 0 Å². The lowest BCUT2D eigenvalue weighted by atomic mass is 10.0. The second kappa shape index (κ2) is 5.22. The molecular weight excluding hydrogens is 240 g/mol. The Hall–Kier alpha value is -2.17. The third kappa shape index (κ3) is 2.50. The van der Waals surface area contributed by atoms with E-state index < -0.39 is 0 Å². The molecule has 1 unspecified atom stereocenters. The van der Waals surface area contributed by atoms with Gasteiger partial charge in [0, 0.05) is 6.54 Å². The van der Waals surface area contributed by atoms with E-state index in [1.54, 1.807) is 11.0 Å². The lowest BCUT2D eigenvalue weighted by Gasteiger charge is -2.12. The van der Waals surface area contributed by atoms with E-state index in [4.69, 9.17) is 0 Å². The molecule has 0 radical (unpaired) electrons. The van der Waals surface area contributed by atoms with Crippen LogP contribution < -0.4 is 5.32 Å². The lowest BCUT2D eigenvalue weighted by molar-refractivity contribution is -0.122. The highest BCUT2D eigenvalue weighted by Gasteiger charge is 2.27. The Morgan fingerprint density at radius 2 is 2.32 bits per heavy atom. The number of amides is 1. The molecule has 0 saturated heterocycles. The van der Waals surface area contributed by atoms with Gasteiger partial charge in [-0.05, 0) is 24.0 Å². The summed E-state index contributed by atoms with van der Waals surface area (Å²) in [4.78, 5) is 16.0. The number of nitrogens with one attached hydrogen (secondary N) is 1. The van der Waals surface area contributed by atoms with E-state index >= 15 is 0 Å². The number of rotatable bonds is 4. The van der Waals surface area contributed by atoms with E-state index in [1.807, 2.05) is 12.1 Å². The summed E-state index contributed by atoms with van der Waals surface area (Å²) >= 11 is 0. The Morgan fingerprint density at radius 3 is 3.16 bits per heavy atom. The maximum Gasteiger partial charge on any atom is 0.227 e. The van der Waals surface area contributed by atoms with Gasteiger partial charge in [0.15, 0.2) is 0 Å². The summed E-state index contributed by atoms with van der Waals surface area (Å²) in [6.45, 7) is 1.24. The molecule has 98 valence electrons. The predicted molar refractivity (Wildman–Crippen MR) is 70.5 cm³/mol. The summed E-state index contributed by atoms with van der Waals surface area (Å²) in [5.41, 5.74) is 2.49. The zero-order valence-corrected chi connectivity index (χ0v) is 10.6. The second-order valence-electron chi connectivity index (χ2n) is 4.74. The zero-order valence-electron chi connectivity index (χ0n) is 10.6. The Bertz CT molecular complexity index is 565. The van der Waals surface area contributed by atoms with E-state index in [-0.39, 0.29) is 11.8 Å². The molecule has 1 aromatic carbocycles. The fraction of sp³-hybridized carbons (Fsp3) is 0.357. The molecule has 1 heterocycles. The van der Waals surface area contributed by atoms with Crippen molar-refractivity contribution in [1.82, 2.24) is 20.1 Å². The smallest absolute Gasteiger partial charge is 0.227 e. The summed E-state index contributed by atoms with van der Waals surface area (Å²) in [6, 6.07) is 8.20. The normalized spacial score (nSPS) is 17.2. The number of carbonyl (C=O) groups excluding carboxylic acids is 1. The number of nitrogens with zero attached hydrogens (tertiary/aromatic N) is 3. The zero-order chi connectivity index (χ0) is 13.1. The minimum absolute atomic E-state index is 0.00643. The van der Waals surface area contributed by atoms with Crippen LogP contribution in [0.5, 0.6) is 0 Å². The van der Waals surface area contributed by atoms with Gasteiger partial charge in [-0.2, -0.15) is 5.10 Å². The summed E-state index contributed by atoms with van der Waals surface area (Å²) in [7, 11) is 0. The average Bonchev–Trinajstić information content (AvgIpc) is 3.07. The van der Waals surface area contributed by atoms with Gasteiger partial charge < -0.3 is 5.32 Å². The fourth-order valence-electron chi connectivity index (χ4n) is 2.59. The minimum Gasteiger partial charge on any atom is -0.354 e. The van der Waals surface area contributed by atoms with Gasteiger partial charge in [-0.15, -0.1) is 0 Å². The molecule has 1 aliphatic carbocycles. The first-order valence-corrected chi connectivity index (χ1v) is 6.52. The number of aryl methyl sites for hydroxylation is 1. The van der Waals surface area contributed by atoms with Crippen LogP contribution in [0.25, 0.3) is 0 Å². The second-order valence-corrected chi connectivity index (χ2v) is 4.74. The topological polar surface area (TPSA) is 59.8 Å². The monoisotopic (exact) mass is 256 g/mol. The molecule has 1 amide bonds. The first kappa shape index (κ1) is 11.9. The van der Waals surface area contributed by atoms with Crippen LogP contribution in [0.15, 0.2) is 36.9 Å². The molecule has 0 bridgehead atoms. The molecule has 1 atom stereocenters. The van der Waals surface area contributed by atoms with Crippen LogP contribution in [0.4, 0.5) is 0 Å². The molecule has 0 spiro atoms. The molecule has 0 fully saturated rings. The van der Waals surface area contributed by atoms with Crippen LogP contribution in [0.2, 0.25) is 0 Å². The summed E-state index contributed by atoms with van der Waals surface area (Å²) in [5.74, 6) is 0.122. The van der Waals surface area contributed by atoms with Crippen molar-refractivity contribution in [3.63, 3.8) is 0 Å². The molecule has 2 aromatic rings. The minimum atomic E-state index is 0.00643. The van der Waals surface area contributed by atoms with Crippen LogP contribution in [-0.2, 0) is 17.8 Å². The van der Waals surface area contributed by atoms with Gasteiger partial charge in [0.05, 0.1) is 12.5 Å². The van der Waals surface area contributed by atoms with Crippen molar-refractivity contribution < 1.29 is 4.79 Å². The van der Waals surface area contributed by atoms with Gasteiger partial charge >= 0.3 is 0 Å². The van der Waals surface area contributed by atoms with Crippen molar-refractivity contribution in [1.29, 1.82) is 0 Å². The predicted octanol–water partition coefficient (Wildman–Crippen LogP) is 1.12. The van der Waals surface area contributed by atoms with Crippen LogP contribution in [0.3, 0.4) is 0 Å². The summed E-state index contributed by atoms with van der Waals surface area (Å²) in [6.07, 6.45) is 5.05. The highest BCUT2D eigenvalue weighted by atomic mass is 16.1. The van der Waals surface area contributed by atoms with Crippen molar-refractivity contribution >= 4 is 5.91 Å². The van der Waals surface area contributed by atoms with Crippen LogP contribution in [-0.4, -0.2) is 27.2 Å². The summed E-state index contributed by atoms with van der Waals surface area (Å²) < 4.78 is 1.71. The van der Waals surface area contributed by atoms with Gasteiger partial charge in [-0.1, -0.05) is 24.3 Å². The molecule has 1 aliphatic rings. The van der Waals surface area contributed by atoms with Crippen molar-refractivity contribution in [2.24, 2.45) is 0 Å². The first-order chi connectivity index (χ1) is 9.34. The molecule has 5 heteroatoms. The standard InChI is InChI=1S/C14H16N4O/c19-14(16-7-8-18-10-15-9-17-18)13-6-5-11-3-1-2-4-12(11)13/h1-4,9-10,13H,5-8H2,(H,16,19). The fourth-order valence-corrected chi connectivity index (χ4v) is 2.59. The molecule has 3 rings (SSSR count). The lowest BCUT2D eigenvalue weighted by Crippen LogP contribution is -2.31. The van der Waals surface area contributed by atoms with Gasteiger partial charge in [-0.3, -0.25) is 9.48 Å². The van der Waals surface area contributed by atoms with Gasteiger partial charge in [0.25, 0.3) is 0 Å². The average molecular weight is 256 g/mol. The Labute approximate surface area is 111 Å². The van der Waals surface area contributed by atoms with Gasteiger partial charge in [0.2, 0.25) is 5.91 Å². The first-order valence-electron chi connectivity index (χ1n) is 6.52. The van der Waals surface area contributed by atoms with E-state index in [0.717, 1.165) is 12.8 Å². The third-order valence-electron chi connectivity index (χ3n) is 3.56. The molecular formula is C14H16N4O. The number of benzene rings is 1. The van der Waals surface area contributed by atoms with Crippen molar-refractivity contribution in [3.05, 3.63) is 48.0 Å². The number of carbonyl (C=O) groups is 1. The maximum atomic E-state index is 12.2. The van der Waals surface area contributed by atoms with Gasteiger partial charge in [0.1, 0.15) is 12.7 Å². The Morgan fingerprint density at radius 1 is 1.42 bits per heavy atom. The number of fused-ring (bicyclic) bond motifs is 1. The number of aromatic nitrogens is 3. The maximum absolute atomic E-state index is 12.2. The van der Waals surface area contributed by atoms with Crippen LogP contribution >= 0.6 is 0 Å². The third-order valence-corrected chi connectivity index (χ3v) is 3.56. The number of hydrogen-bond donors (Lipinski definition) is 1. The highest BCUT2D eigenvalue weighted by Crippen LogP contribution is 2.32. The molecule has 5 nitrogen and oxygen atoms in total. The SMILES string of the molecule is O=C(NCCn1cncn1)C1CCc2ccccc21. The quantitative estimate of drug-likeness (QED) is 0.892. The molecule has 1 N–H and O–H groups in total. The summed E-state index contributed by atoms with van der Waals surface area (Å²) in [5, 5.41) is 6.98. The molecule has 19 heavy (non-hydrogen) atoms. The van der Waals surface area contributed by atoms with Crippen LogP contribution in [0.1, 0.15) is 23.5 Å². The number of hydrogen-bond acceptors (Lipinski definition) is 3. The van der Waals surface area contributed by atoms with Crippen molar-refractivity contribution in [3.8, 4) is 0 Å². The molecule has 0 aliphatic heterocycles. The highest BCUT2D eigenvalue weighted by molar-refractivity contribution is 5.84. The van der Waals surface area contributed by atoms with E-state index in [0.29, 0.717) is 13.1 Å². The van der Waals surface area contributed by atoms with E-state index in [2.05, 4.69) is 27.5 Å².